The lowest BCUT2D eigenvalue weighted by atomic mass is 10.2. The van der Waals surface area contributed by atoms with Crippen LogP contribution in [0.1, 0.15) is 21.7 Å². The molecule has 6 heteroatoms. The first-order valence-corrected chi connectivity index (χ1v) is 5.96. The molecule has 1 heterocycles. The summed E-state index contributed by atoms with van der Waals surface area (Å²) < 4.78 is 0. The number of carbonyl (C=O) groups is 1. The summed E-state index contributed by atoms with van der Waals surface area (Å²) in [5, 5.41) is 8.24. The number of thiol groups is 1. The van der Waals surface area contributed by atoms with Gasteiger partial charge in [-0.3, -0.25) is 10.0 Å². The zero-order valence-electron chi connectivity index (χ0n) is 10.7. The van der Waals surface area contributed by atoms with E-state index >= 15 is 0 Å². The molecule has 1 amide bonds. The number of amides is 1. The summed E-state index contributed by atoms with van der Waals surface area (Å²) >= 11 is 4.04. The SMILES string of the molecule is Cc1cc(C)ncn1.O=C(NO)c1ccc(S)cc1. The van der Waals surface area contributed by atoms with Crippen molar-refractivity contribution in [1.82, 2.24) is 15.4 Å². The van der Waals surface area contributed by atoms with Gasteiger partial charge in [0.05, 0.1) is 0 Å². The Hall–Kier alpha value is -1.92. The van der Waals surface area contributed by atoms with Gasteiger partial charge >= 0.3 is 0 Å². The molecule has 19 heavy (non-hydrogen) atoms. The lowest BCUT2D eigenvalue weighted by Gasteiger charge is -1.97. The molecule has 0 aliphatic heterocycles. The molecule has 0 fully saturated rings. The third-order valence-corrected chi connectivity index (χ3v) is 2.47. The molecule has 0 saturated heterocycles. The van der Waals surface area contributed by atoms with Crippen molar-refractivity contribution in [1.29, 1.82) is 0 Å². The molecule has 0 spiro atoms. The van der Waals surface area contributed by atoms with E-state index in [9.17, 15) is 4.79 Å². The lowest BCUT2D eigenvalue weighted by Crippen LogP contribution is -2.18. The molecule has 0 aliphatic carbocycles. The van der Waals surface area contributed by atoms with Crippen LogP contribution in [0.5, 0.6) is 0 Å². The smallest absolute Gasteiger partial charge is 0.274 e. The molecule has 0 saturated carbocycles. The van der Waals surface area contributed by atoms with E-state index in [1.807, 2.05) is 19.9 Å². The third-order valence-electron chi connectivity index (χ3n) is 2.17. The minimum absolute atomic E-state index is 0.408. The predicted molar refractivity (Wildman–Crippen MR) is 74.5 cm³/mol. The molecule has 0 unspecified atom stereocenters. The van der Waals surface area contributed by atoms with Crippen LogP contribution in [-0.2, 0) is 0 Å². The monoisotopic (exact) mass is 277 g/mol. The number of carbonyl (C=O) groups excluding carboxylic acids is 1. The first-order chi connectivity index (χ1) is 9.02. The van der Waals surface area contributed by atoms with Gasteiger partial charge in [-0.25, -0.2) is 15.4 Å². The Morgan fingerprint density at radius 2 is 1.68 bits per heavy atom. The number of hydroxylamine groups is 1. The molecule has 2 rings (SSSR count). The Bertz CT molecular complexity index is 527. The van der Waals surface area contributed by atoms with Crippen molar-refractivity contribution < 1.29 is 10.0 Å². The molecule has 100 valence electrons. The first-order valence-electron chi connectivity index (χ1n) is 5.51. The normalized spacial score (nSPS) is 9.26. The number of aromatic nitrogens is 2. The summed E-state index contributed by atoms with van der Waals surface area (Å²) in [7, 11) is 0. The highest BCUT2D eigenvalue weighted by Gasteiger charge is 2.00. The number of benzene rings is 1. The number of aryl methyl sites for hydroxylation is 2. The van der Waals surface area contributed by atoms with E-state index in [0.717, 1.165) is 16.3 Å². The number of nitrogens with zero attached hydrogens (tertiary/aromatic N) is 2. The molecule has 2 aromatic rings. The third kappa shape index (κ3) is 5.50. The minimum atomic E-state index is -0.515. The quantitative estimate of drug-likeness (QED) is 0.424. The second-order valence-corrected chi connectivity index (χ2v) is 4.30. The molecule has 0 radical (unpaired) electrons. The molecule has 1 aromatic carbocycles. The maximum absolute atomic E-state index is 10.7. The van der Waals surface area contributed by atoms with E-state index in [4.69, 9.17) is 5.21 Å². The van der Waals surface area contributed by atoms with Crippen molar-refractivity contribution in [3.63, 3.8) is 0 Å². The van der Waals surface area contributed by atoms with Crippen LogP contribution in [-0.4, -0.2) is 21.1 Å². The van der Waals surface area contributed by atoms with Crippen molar-refractivity contribution in [2.24, 2.45) is 0 Å². The highest BCUT2D eigenvalue weighted by Crippen LogP contribution is 2.06. The Labute approximate surface area is 117 Å². The number of hydrogen-bond acceptors (Lipinski definition) is 5. The zero-order chi connectivity index (χ0) is 14.3. The van der Waals surface area contributed by atoms with Gasteiger partial charge in [0.1, 0.15) is 6.33 Å². The van der Waals surface area contributed by atoms with E-state index in [1.54, 1.807) is 30.6 Å². The number of rotatable bonds is 1. The van der Waals surface area contributed by atoms with Crippen LogP contribution in [0.2, 0.25) is 0 Å². The maximum Gasteiger partial charge on any atom is 0.274 e. The average molecular weight is 277 g/mol. The van der Waals surface area contributed by atoms with Crippen LogP contribution < -0.4 is 5.48 Å². The van der Waals surface area contributed by atoms with Gasteiger partial charge in [-0.2, -0.15) is 0 Å². The lowest BCUT2D eigenvalue weighted by molar-refractivity contribution is 0.0706. The number of nitrogens with one attached hydrogen (secondary N) is 1. The summed E-state index contributed by atoms with van der Waals surface area (Å²) in [6.45, 7) is 3.91. The van der Waals surface area contributed by atoms with Gasteiger partial charge in [0.15, 0.2) is 0 Å². The van der Waals surface area contributed by atoms with Gasteiger partial charge in [-0.05, 0) is 44.2 Å². The summed E-state index contributed by atoms with van der Waals surface area (Å²) in [6.07, 6.45) is 1.57. The van der Waals surface area contributed by atoms with Crippen molar-refractivity contribution in [2.45, 2.75) is 18.7 Å². The van der Waals surface area contributed by atoms with E-state index < -0.39 is 5.91 Å². The van der Waals surface area contributed by atoms with E-state index in [1.165, 1.54) is 5.48 Å². The second kappa shape index (κ2) is 7.50. The van der Waals surface area contributed by atoms with Crippen molar-refractivity contribution in [2.75, 3.05) is 0 Å². The topological polar surface area (TPSA) is 75.1 Å². The van der Waals surface area contributed by atoms with Crippen molar-refractivity contribution in [3.8, 4) is 0 Å². The van der Waals surface area contributed by atoms with Crippen LogP contribution in [0.4, 0.5) is 0 Å². The fourth-order valence-corrected chi connectivity index (χ4v) is 1.41. The Balaban J connectivity index is 0.000000200. The highest BCUT2D eigenvalue weighted by atomic mass is 32.1. The van der Waals surface area contributed by atoms with Crippen LogP contribution in [0, 0.1) is 13.8 Å². The van der Waals surface area contributed by atoms with Gasteiger partial charge in [0.25, 0.3) is 5.91 Å². The van der Waals surface area contributed by atoms with Gasteiger partial charge in [-0.15, -0.1) is 12.6 Å². The standard InChI is InChI=1S/C7H7NO2S.C6H8N2/c9-7(8-10)5-1-3-6(11)4-2-5;1-5-3-6(2)8-4-7-5/h1-4,10-11H,(H,8,9);3-4H,1-2H3. The zero-order valence-corrected chi connectivity index (χ0v) is 11.6. The van der Waals surface area contributed by atoms with Crippen molar-refractivity contribution in [3.05, 3.63) is 53.6 Å². The highest BCUT2D eigenvalue weighted by molar-refractivity contribution is 7.80. The van der Waals surface area contributed by atoms with E-state index in [-0.39, 0.29) is 0 Å². The number of hydrogen-bond donors (Lipinski definition) is 3. The van der Waals surface area contributed by atoms with E-state index in [2.05, 4.69) is 22.6 Å². The summed E-state index contributed by atoms with van der Waals surface area (Å²) in [5.41, 5.74) is 4.00. The fourth-order valence-electron chi connectivity index (χ4n) is 1.27. The van der Waals surface area contributed by atoms with E-state index in [0.29, 0.717) is 5.56 Å². The Kier molecular flexibility index (Phi) is 5.98. The molecule has 1 aromatic heterocycles. The summed E-state index contributed by atoms with van der Waals surface area (Å²) in [6, 6.07) is 8.45. The molecule has 2 N–H and O–H groups in total. The summed E-state index contributed by atoms with van der Waals surface area (Å²) in [4.78, 5) is 19.4. The molecule has 0 atom stereocenters. The molecule has 0 bridgehead atoms. The maximum atomic E-state index is 10.7. The minimum Gasteiger partial charge on any atom is -0.288 e. The predicted octanol–water partition coefficient (Wildman–Crippen LogP) is 2.19. The summed E-state index contributed by atoms with van der Waals surface area (Å²) in [5.74, 6) is -0.515. The first kappa shape index (κ1) is 15.1. The van der Waals surface area contributed by atoms with Crippen LogP contribution in [0.25, 0.3) is 0 Å². The van der Waals surface area contributed by atoms with Gasteiger partial charge in [0.2, 0.25) is 0 Å². The fraction of sp³-hybridized carbons (Fsp3) is 0.154. The van der Waals surface area contributed by atoms with Gasteiger partial charge in [-0.1, -0.05) is 0 Å². The van der Waals surface area contributed by atoms with Crippen LogP contribution in [0.3, 0.4) is 0 Å². The molecular weight excluding hydrogens is 262 g/mol. The van der Waals surface area contributed by atoms with Crippen LogP contribution in [0.15, 0.2) is 41.6 Å². The van der Waals surface area contributed by atoms with Crippen LogP contribution >= 0.6 is 12.6 Å². The Morgan fingerprint density at radius 3 is 2.05 bits per heavy atom. The van der Waals surface area contributed by atoms with Gasteiger partial charge in [0, 0.05) is 21.8 Å². The van der Waals surface area contributed by atoms with Crippen molar-refractivity contribution >= 4 is 18.5 Å². The van der Waals surface area contributed by atoms with Gasteiger partial charge < -0.3 is 0 Å². The molecule has 0 aliphatic rings. The largest absolute Gasteiger partial charge is 0.288 e. The average Bonchev–Trinajstić information content (AvgIpc) is 2.39. The molecular formula is C13H15N3O2S. The second-order valence-electron chi connectivity index (χ2n) is 3.79. The molecule has 5 nitrogen and oxygen atoms in total. The Morgan fingerprint density at radius 1 is 1.16 bits per heavy atom.